The van der Waals surface area contributed by atoms with Gasteiger partial charge >= 0.3 is 0 Å². The molecule has 0 unspecified atom stereocenters. The average Bonchev–Trinajstić information content (AvgIpc) is 2.67. The van der Waals surface area contributed by atoms with E-state index >= 15 is 0 Å². The molecule has 0 aromatic rings. The Labute approximate surface area is 64.9 Å². The Hall–Kier alpha value is -0.500. The van der Waals surface area contributed by atoms with Gasteiger partial charge in [-0.3, -0.25) is 0 Å². The van der Waals surface area contributed by atoms with E-state index in [1.54, 1.807) is 0 Å². The van der Waals surface area contributed by atoms with Crippen LogP contribution in [0.1, 0.15) is 19.8 Å². The van der Waals surface area contributed by atoms with Gasteiger partial charge in [-0.15, -0.1) is 0 Å². The fraction of sp³-hybridized carbons (Fsp3) is 0.571. The number of hydrogen-bond donors (Lipinski definition) is 0. The van der Waals surface area contributed by atoms with E-state index in [1.807, 2.05) is 6.92 Å². The first-order chi connectivity index (χ1) is 4.79. The molecule has 0 saturated heterocycles. The first kappa shape index (κ1) is 6.23. The second-order valence-electron chi connectivity index (χ2n) is 2.76. The Morgan fingerprint density at radius 3 is 2.60 bits per heavy atom. The quantitative estimate of drug-likeness (QED) is 0.553. The molecule has 0 spiro atoms. The van der Waals surface area contributed by atoms with E-state index in [0.717, 1.165) is 16.4 Å². The lowest BCUT2D eigenvalue weighted by atomic mass is 10.2. The minimum atomic E-state index is 0.619. The van der Waals surface area contributed by atoms with Gasteiger partial charge in [-0.1, -0.05) is 11.6 Å². The molecule has 0 N–H and O–H groups in total. The standard InChI is InChI=1S/C7H8ClN2/c1-4-6(8)7(10-9-4)5-2-3-5/h5H,2-3H2,1H3. The molecule has 0 bridgehead atoms. The Morgan fingerprint density at radius 2 is 2.20 bits per heavy atom. The highest BCUT2D eigenvalue weighted by Crippen LogP contribution is 2.36. The highest BCUT2D eigenvalue weighted by atomic mass is 35.5. The smallest absolute Gasteiger partial charge is 0.0873 e. The molecular weight excluding hydrogens is 148 g/mol. The van der Waals surface area contributed by atoms with Crippen LogP contribution in [0.5, 0.6) is 0 Å². The van der Waals surface area contributed by atoms with Crippen LogP contribution in [-0.4, -0.2) is 5.71 Å². The fourth-order valence-electron chi connectivity index (χ4n) is 1.02. The molecule has 2 aliphatic rings. The monoisotopic (exact) mass is 155 g/mol. The summed E-state index contributed by atoms with van der Waals surface area (Å²) in [6, 6.07) is 0. The van der Waals surface area contributed by atoms with Gasteiger partial charge in [0.1, 0.15) is 0 Å². The van der Waals surface area contributed by atoms with Crippen molar-refractivity contribution >= 4 is 17.3 Å². The molecule has 53 valence electrons. The predicted molar refractivity (Wildman–Crippen MR) is 40.8 cm³/mol. The van der Waals surface area contributed by atoms with Gasteiger partial charge in [0, 0.05) is 5.92 Å². The zero-order valence-corrected chi connectivity index (χ0v) is 6.52. The largest absolute Gasteiger partial charge is 0.154 e. The van der Waals surface area contributed by atoms with E-state index in [9.17, 15) is 0 Å². The van der Waals surface area contributed by atoms with Crippen molar-refractivity contribution in [3.63, 3.8) is 0 Å². The summed E-state index contributed by atoms with van der Waals surface area (Å²) in [5, 5.41) is 4.78. The maximum absolute atomic E-state index is 5.92. The van der Waals surface area contributed by atoms with Gasteiger partial charge in [-0.2, -0.15) is 10.5 Å². The molecule has 1 saturated carbocycles. The third-order valence-electron chi connectivity index (χ3n) is 1.81. The van der Waals surface area contributed by atoms with Crippen LogP contribution in [0.3, 0.4) is 0 Å². The van der Waals surface area contributed by atoms with E-state index in [2.05, 4.69) is 10.5 Å². The highest BCUT2D eigenvalue weighted by Gasteiger charge is 2.32. The second kappa shape index (κ2) is 1.99. The topological polar surface area (TPSA) is 26.5 Å². The molecule has 0 atom stereocenters. The number of hydrogen-bond acceptors (Lipinski definition) is 1. The Kier molecular flexibility index (Phi) is 1.24. The van der Waals surface area contributed by atoms with Gasteiger partial charge < -0.3 is 0 Å². The summed E-state index contributed by atoms with van der Waals surface area (Å²) in [7, 11) is 0. The van der Waals surface area contributed by atoms with Crippen LogP contribution in [0.25, 0.3) is 0 Å². The maximum Gasteiger partial charge on any atom is 0.0873 e. The molecular formula is C7H8ClN2. The van der Waals surface area contributed by atoms with E-state index in [-0.39, 0.29) is 0 Å². The third kappa shape index (κ3) is 0.833. The molecule has 3 heteroatoms. The first-order valence-corrected chi connectivity index (χ1v) is 3.82. The summed E-state index contributed by atoms with van der Waals surface area (Å²) >= 11 is 5.92. The minimum absolute atomic E-state index is 0.619. The number of nitrogens with zero attached hydrogens (tertiary/aromatic N) is 2. The average molecular weight is 156 g/mol. The van der Waals surface area contributed by atoms with Gasteiger partial charge in [0.2, 0.25) is 0 Å². The maximum atomic E-state index is 5.92. The number of rotatable bonds is 1. The second-order valence-corrected chi connectivity index (χ2v) is 3.14. The van der Waals surface area contributed by atoms with Gasteiger partial charge in [-0.05, 0) is 19.8 Å². The lowest BCUT2D eigenvalue weighted by Crippen LogP contribution is -1.96. The fourth-order valence-corrected chi connectivity index (χ4v) is 1.25. The molecule has 0 aromatic heterocycles. The van der Waals surface area contributed by atoms with E-state index in [1.165, 1.54) is 12.8 Å². The van der Waals surface area contributed by atoms with Crippen molar-refractivity contribution < 1.29 is 0 Å². The molecule has 0 aromatic carbocycles. The summed E-state index contributed by atoms with van der Waals surface area (Å²) in [6.07, 6.45) is 2.47. The third-order valence-corrected chi connectivity index (χ3v) is 2.28. The minimum Gasteiger partial charge on any atom is -0.154 e. The van der Waals surface area contributed by atoms with Crippen molar-refractivity contribution in [2.45, 2.75) is 19.8 Å². The normalized spacial score (nSPS) is 24.8. The van der Waals surface area contributed by atoms with Crippen molar-refractivity contribution in [1.82, 2.24) is 5.43 Å². The lowest BCUT2D eigenvalue weighted by Gasteiger charge is -1.91. The molecule has 1 heterocycles. The molecule has 1 fully saturated rings. The Morgan fingerprint density at radius 1 is 1.50 bits per heavy atom. The van der Waals surface area contributed by atoms with Crippen LogP contribution < -0.4 is 5.43 Å². The molecule has 2 rings (SSSR count). The predicted octanol–water partition coefficient (Wildman–Crippen LogP) is 1.84. The van der Waals surface area contributed by atoms with Crippen LogP contribution in [-0.2, 0) is 0 Å². The highest BCUT2D eigenvalue weighted by molar-refractivity contribution is 6.44. The van der Waals surface area contributed by atoms with Crippen LogP contribution in [0.2, 0.25) is 0 Å². The summed E-state index contributed by atoms with van der Waals surface area (Å²) < 4.78 is 0. The van der Waals surface area contributed by atoms with Gasteiger partial charge in [0.15, 0.2) is 0 Å². The Balaban J connectivity index is 2.23. The van der Waals surface area contributed by atoms with E-state index < -0.39 is 0 Å². The zero-order valence-electron chi connectivity index (χ0n) is 5.76. The van der Waals surface area contributed by atoms with Gasteiger partial charge in [-0.25, -0.2) is 0 Å². The van der Waals surface area contributed by atoms with Gasteiger partial charge in [0.05, 0.1) is 16.4 Å². The summed E-state index contributed by atoms with van der Waals surface area (Å²) in [4.78, 5) is 0. The van der Waals surface area contributed by atoms with Crippen molar-refractivity contribution in [1.29, 1.82) is 0 Å². The zero-order chi connectivity index (χ0) is 7.14. The number of allylic oxidation sites excluding steroid dienone is 2. The molecule has 1 radical (unpaired) electrons. The summed E-state index contributed by atoms with van der Waals surface area (Å²) in [5.74, 6) is 0.619. The first-order valence-electron chi connectivity index (χ1n) is 3.44. The molecule has 10 heavy (non-hydrogen) atoms. The molecule has 1 aliphatic carbocycles. The van der Waals surface area contributed by atoms with E-state index in [0.29, 0.717) is 5.92 Å². The molecule has 1 aliphatic heterocycles. The lowest BCUT2D eigenvalue weighted by molar-refractivity contribution is 0.888. The van der Waals surface area contributed by atoms with Crippen LogP contribution in [0.4, 0.5) is 0 Å². The van der Waals surface area contributed by atoms with Crippen LogP contribution in [0, 0.1) is 5.92 Å². The summed E-state index contributed by atoms with van der Waals surface area (Å²) in [5.41, 5.74) is 5.77. The molecule has 2 nitrogen and oxygen atoms in total. The van der Waals surface area contributed by atoms with Crippen molar-refractivity contribution in [3.05, 3.63) is 10.7 Å². The SMILES string of the molecule is CC1=C(Cl)C(C2CC2)=N[N]1. The molecule has 0 amide bonds. The van der Waals surface area contributed by atoms with Crippen LogP contribution >= 0.6 is 11.6 Å². The van der Waals surface area contributed by atoms with Crippen molar-refractivity contribution in [3.8, 4) is 0 Å². The van der Waals surface area contributed by atoms with Gasteiger partial charge in [0.25, 0.3) is 0 Å². The van der Waals surface area contributed by atoms with E-state index in [4.69, 9.17) is 11.6 Å². The van der Waals surface area contributed by atoms with Crippen LogP contribution in [0.15, 0.2) is 15.8 Å². The van der Waals surface area contributed by atoms with Crippen molar-refractivity contribution in [2.75, 3.05) is 0 Å². The number of halogens is 1. The summed E-state index contributed by atoms with van der Waals surface area (Å²) in [6.45, 7) is 1.89. The van der Waals surface area contributed by atoms with Crippen molar-refractivity contribution in [2.24, 2.45) is 11.0 Å². The Bertz CT molecular complexity index is 226.